The van der Waals surface area contributed by atoms with Gasteiger partial charge in [-0.15, -0.1) is 17.0 Å². The molecule has 3 aromatic rings. The molecule has 0 aliphatic rings. The number of carbonyl (C=O) groups is 1. The maximum absolute atomic E-state index is 11.1. The minimum absolute atomic E-state index is 0. The van der Waals surface area contributed by atoms with E-state index in [4.69, 9.17) is 18.9 Å². The molecule has 1 aromatic heterocycles. The van der Waals surface area contributed by atoms with E-state index in [2.05, 4.69) is 4.98 Å². The molecule has 6 nitrogen and oxygen atoms in total. The minimum atomic E-state index is -0.291. The Morgan fingerprint density at radius 1 is 0.812 bits per heavy atom. The van der Waals surface area contributed by atoms with E-state index < -0.39 is 0 Å². The van der Waals surface area contributed by atoms with Crippen molar-refractivity contribution in [2.24, 2.45) is 0 Å². The SMILES string of the molecule is Br.COc1cc(OC(C)c2cc(C=Cc3ccc(OC)c(OC)c3)ccn2)ccc1C=O. The molecule has 0 saturated heterocycles. The molecule has 3 rings (SSSR count). The first-order chi connectivity index (χ1) is 15.1. The number of aldehydes is 1. The molecule has 0 radical (unpaired) electrons. The standard InChI is InChI=1S/C25H25NO5.BrH/c1-17(31-21-9-8-20(16-27)24(15-21)29-3)22-13-19(11-12-26-22)6-5-18-7-10-23(28-2)25(14-18)30-4;/h5-17H,1-4H3;1H. The van der Waals surface area contributed by atoms with Crippen molar-refractivity contribution in [1.82, 2.24) is 4.98 Å². The number of ether oxygens (including phenoxy) is 4. The van der Waals surface area contributed by atoms with Crippen molar-refractivity contribution in [2.45, 2.75) is 13.0 Å². The van der Waals surface area contributed by atoms with Gasteiger partial charge in [0.15, 0.2) is 17.8 Å². The molecule has 1 unspecified atom stereocenters. The molecule has 0 aliphatic heterocycles. The van der Waals surface area contributed by atoms with Crippen molar-refractivity contribution in [3.05, 3.63) is 77.1 Å². The van der Waals surface area contributed by atoms with Gasteiger partial charge in [0.1, 0.15) is 17.6 Å². The van der Waals surface area contributed by atoms with E-state index >= 15 is 0 Å². The topological polar surface area (TPSA) is 66.9 Å². The zero-order valence-electron chi connectivity index (χ0n) is 18.4. The van der Waals surface area contributed by atoms with Crippen LogP contribution in [0.4, 0.5) is 0 Å². The van der Waals surface area contributed by atoms with Crippen LogP contribution in [-0.4, -0.2) is 32.6 Å². The van der Waals surface area contributed by atoms with Crippen molar-refractivity contribution in [2.75, 3.05) is 21.3 Å². The molecule has 0 saturated carbocycles. The molecule has 0 bridgehead atoms. The second-order valence-electron chi connectivity index (χ2n) is 6.74. The van der Waals surface area contributed by atoms with Crippen LogP contribution < -0.4 is 18.9 Å². The minimum Gasteiger partial charge on any atom is -0.496 e. The van der Waals surface area contributed by atoms with Gasteiger partial charge < -0.3 is 18.9 Å². The average Bonchev–Trinajstić information content (AvgIpc) is 2.82. The Hall–Kier alpha value is -3.32. The summed E-state index contributed by atoms with van der Waals surface area (Å²) in [5, 5.41) is 0. The fourth-order valence-corrected chi connectivity index (χ4v) is 3.07. The molecule has 0 amide bonds. The van der Waals surface area contributed by atoms with Gasteiger partial charge in [0.2, 0.25) is 0 Å². The summed E-state index contributed by atoms with van der Waals surface area (Å²) in [6, 6.07) is 14.8. The van der Waals surface area contributed by atoms with Gasteiger partial charge in [0.25, 0.3) is 0 Å². The van der Waals surface area contributed by atoms with Gasteiger partial charge in [0.05, 0.1) is 32.6 Å². The Kier molecular flexibility index (Phi) is 9.28. The number of halogens is 1. The quantitative estimate of drug-likeness (QED) is 0.346. The maximum Gasteiger partial charge on any atom is 0.161 e. The molecule has 0 fully saturated rings. The van der Waals surface area contributed by atoms with E-state index in [-0.39, 0.29) is 23.1 Å². The highest BCUT2D eigenvalue weighted by atomic mass is 79.9. The predicted octanol–water partition coefficient (Wildman–Crippen LogP) is 5.81. The summed E-state index contributed by atoms with van der Waals surface area (Å²) in [7, 11) is 4.75. The van der Waals surface area contributed by atoms with Gasteiger partial charge in [-0.3, -0.25) is 9.78 Å². The molecule has 2 aromatic carbocycles. The lowest BCUT2D eigenvalue weighted by Crippen LogP contribution is -2.06. The van der Waals surface area contributed by atoms with Crippen molar-refractivity contribution in [3.8, 4) is 23.0 Å². The van der Waals surface area contributed by atoms with Crippen LogP contribution in [0.5, 0.6) is 23.0 Å². The summed E-state index contributed by atoms with van der Waals surface area (Å²) in [4.78, 5) is 15.5. The number of rotatable bonds is 9. The normalized spacial score (nSPS) is 11.4. The summed E-state index contributed by atoms with van der Waals surface area (Å²) in [5.74, 6) is 2.44. The highest BCUT2D eigenvalue weighted by Crippen LogP contribution is 2.29. The molecular formula is C25H26BrNO5. The van der Waals surface area contributed by atoms with Crippen LogP contribution in [0.3, 0.4) is 0 Å². The van der Waals surface area contributed by atoms with Gasteiger partial charge >= 0.3 is 0 Å². The fourth-order valence-electron chi connectivity index (χ4n) is 3.07. The number of pyridine rings is 1. The molecule has 7 heteroatoms. The van der Waals surface area contributed by atoms with Crippen molar-refractivity contribution >= 4 is 35.4 Å². The molecule has 0 N–H and O–H groups in total. The number of hydrogen-bond donors (Lipinski definition) is 0. The molecule has 168 valence electrons. The zero-order chi connectivity index (χ0) is 22.2. The van der Waals surface area contributed by atoms with Crippen LogP contribution in [0.2, 0.25) is 0 Å². The van der Waals surface area contributed by atoms with Crippen LogP contribution in [0, 0.1) is 0 Å². The Morgan fingerprint density at radius 2 is 1.50 bits per heavy atom. The average molecular weight is 500 g/mol. The first kappa shape index (κ1) is 24.9. The summed E-state index contributed by atoms with van der Waals surface area (Å²) in [5.41, 5.74) is 3.24. The molecule has 1 heterocycles. The monoisotopic (exact) mass is 499 g/mol. The van der Waals surface area contributed by atoms with Gasteiger partial charge in [0, 0.05) is 12.3 Å². The third-order valence-electron chi connectivity index (χ3n) is 4.74. The number of carbonyl (C=O) groups excluding carboxylic acids is 1. The highest BCUT2D eigenvalue weighted by molar-refractivity contribution is 8.93. The molecule has 0 aliphatic carbocycles. The van der Waals surface area contributed by atoms with Crippen molar-refractivity contribution < 1.29 is 23.7 Å². The van der Waals surface area contributed by atoms with E-state index in [1.807, 2.05) is 49.4 Å². The van der Waals surface area contributed by atoms with Gasteiger partial charge in [-0.2, -0.15) is 0 Å². The van der Waals surface area contributed by atoms with Crippen LogP contribution in [0.15, 0.2) is 54.7 Å². The molecule has 32 heavy (non-hydrogen) atoms. The highest BCUT2D eigenvalue weighted by Gasteiger charge is 2.11. The van der Waals surface area contributed by atoms with E-state index in [0.717, 1.165) is 23.1 Å². The first-order valence-corrected chi connectivity index (χ1v) is 9.74. The lowest BCUT2D eigenvalue weighted by Gasteiger charge is -2.15. The number of aromatic nitrogens is 1. The van der Waals surface area contributed by atoms with Crippen molar-refractivity contribution in [3.63, 3.8) is 0 Å². The lowest BCUT2D eigenvalue weighted by molar-refractivity contribution is 0.112. The number of methoxy groups -OCH3 is 3. The van der Waals surface area contributed by atoms with Crippen molar-refractivity contribution in [1.29, 1.82) is 0 Å². The molecule has 1 atom stereocenters. The third-order valence-corrected chi connectivity index (χ3v) is 4.74. The predicted molar refractivity (Wildman–Crippen MR) is 130 cm³/mol. The first-order valence-electron chi connectivity index (χ1n) is 9.74. The Labute approximate surface area is 198 Å². The number of hydrogen-bond acceptors (Lipinski definition) is 6. The maximum atomic E-state index is 11.1. The molecular weight excluding hydrogens is 474 g/mol. The number of benzene rings is 2. The Morgan fingerprint density at radius 3 is 2.16 bits per heavy atom. The largest absolute Gasteiger partial charge is 0.496 e. The van der Waals surface area contributed by atoms with Gasteiger partial charge in [-0.25, -0.2) is 0 Å². The second-order valence-corrected chi connectivity index (χ2v) is 6.74. The van der Waals surface area contributed by atoms with Gasteiger partial charge in [-0.05, 0) is 54.4 Å². The second kappa shape index (κ2) is 11.9. The summed E-state index contributed by atoms with van der Waals surface area (Å²) in [6.07, 6.45) is 6.21. The third kappa shape index (κ3) is 6.11. The van der Waals surface area contributed by atoms with E-state index in [1.54, 1.807) is 38.6 Å². The Bertz CT molecular complexity index is 1080. The molecule has 0 spiro atoms. The summed E-state index contributed by atoms with van der Waals surface area (Å²) < 4.78 is 21.9. The zero-order valence-corrected chi connectivity index (χ0v) is 20.1. The van der Waals surface area contributed by atoms with Crippen LogP contribution in [0.1, 0.15) is 40.2 Å². The summed E-state index contributed by atoms with van der Waals surface area (Å²) >= 11 is 0. The van der Waals surface area contributed by atoms with E-state index in [9.17, 15) is 4.79 Å². The number of nitrogens with zero attached hydrogens (tertiary/aromatic N) is 1. The van der Waals surface area contributed by atoms with Crippen LogP contribution in [-0.2, 0) is 0 Å². The van der Waals surface area contributed by atoms with E-state index in [1.165, 1.54) is 7.11 Å². The Balaban J connectivity index is 0.00000363. The smallest absolute Gasteiger partial charge is 0.161 e. The fraction of sp³-hybridized carbons (Fsp3) is 0.200. The summed E-state index contributed by atoms with van der Waals surface area (Å²) in [6.45, 7) is 1.92. The van der Waals surface area contributed by atoms with E-state index in [0.29, 0.717) is 28.6 Å². The van der Waals surface area contributed by atoms with Gasteiger partial charge in [-0.1, -0.05) is 18.2 Å². The van der Waals surface area contributed by atoms with Crippen LogP contribution >= 0.6 is 17.0 Å². The van der Waals surface area contributed by atoms with Crippen LogP contribution in [0.25, 0.3) is 12.2 Å². The lowest BCUT2D eigenvalue weighted by atomic mass is 10.1.